The van der Waals surface area contributed by atoms with Crippen molar-refractivity contribution in [2.24, 2.45) is 0 Å². The average Bonchev–Trinajstić information content (AvgIpc) is 2.52. The van der Waals surface area contributed by atoms with E-state index in [0.29, 0.717) is 0 Å². The maximum absolute atomic E-state index is 5.26. The third-order valence-electron chi connectivity index (χ3n) is 2.68. The third kappa shape index (κ3) is 2.23. The highest BCUT2D eigenvalue weighted by atomic mass is 15.2. The molecule has 2 heteroatoms. The van der Waals surface area contributed by atoms with Crippen LogP contribution in [0.5, 0.6) is 0 Å². The minimum atomic E-state index is 0.725. The summed E-state index contributed by atoms with van der Waals surface area (Å²) in [6.07, 6.45) is 6.53. The lowest BCUT2D eigenvalue weighted by Gasteiger charge is -2.22. The van der Waals surface area contributed by atoms with E-state index in [-0.39, 0.29) is 0 Å². The Hall–Kier alpha value is -0.520. The zero-order chi connectivity index (χ0) is 8.97. The van der Waals surface area contributed by atoms with Crippen LogP contribution >= 0.6 is 0 Å². The van der Waals surface area contributed by atoms with Gasteiger partial charge in [-0.2, -0.15) is 0 Å². The van der Waals surface area contributed by atoms with Crippen LogP contribution in [-0.4, -0.2) is 49.1 Å². The van der Waals surface area contributed by atoms with Gasteiger partial charge in [0, 0.05) is 19.1 Å². The van der Waals surface area contributed by atoms with Gasteiger partial charge in [-0.15, -0.1) is 6.42 Å². The molecule has 0 aromatic rings. The molecule has 12 heavy (non-hydrogen) atoms. The fourth-order valence-corrected chi connectivity index (χ4v) is 1.70. The third-order valence-corrected chi connectivity index (χ3v) is 2.68. The number of likely N-dealkylation sites (N-methyl/N-ethyl adjacent to an activating group) is 1. The topological polar surface area (TPSA) is 6.48 Å². The Morgan fingerprint density at radius 3 is 3.00 bits per heavy atom. The Balaban J connectivity index is 2.31. The molecule has 0 saturated carbocycles. The van der Waals surface area contributed by atoms with Crippen molar-refractivity contribution in [2.45, 2.75) is 19.4 Å². The highest BCUT2D eigenvalue weighted by Gasteiger charge is 2.23. The van der Waals surface area contributed by atoms with Gasteiger partial charge in [0.1, 0.15) is 0 Å². The Morgan fingerprint density at radius 2 is 2.42 bits per heavy atom. The number of hydrogen-bond donors (Lipinski definition) is 0. The van der Waals surface area contributed by atoms with E-state index in [9.17, 15) is 0 Å². The van der Waals surface area contributed by atoms with Gasteiger partial charge in [0.15, 0.2) is 0 Å². The summed E-state index contributed by atoms with van der Waals surface area (Å²) in [6.45, 7) is 6.46. The predicted octanol–water partition coefficient (Wildman–Crippen LogP) is 0.646. The van der Waals surface area contributed by atoms with Crippen LogP contribution in [0.2, 0.25) is 0 Å². The maximum Gasteiger partial charge on any atom is 0.0599 e. The van der Waals surface area contributed by atoms with Crippen molar-refractivity contribution < 1.29 is 0 Å². The molecule has 0 spiro atoms. The van der Waals surface area contributed by atoms with Crippen LogP contribution in [0.25, 0.3) is 0 Å². The van der Waals surface area contributed by atoms with Crippen LogP contribution in [0.3, 0.4) is 0 Å². The number of terminal acetylenes is 1. The summed E-state index contributed by atoms with van der Waals surface area (Å²) in [5.41, 5.74) is 0. The van der Waals surface area contributed by atoms with Gasteiger partial charge in [-0.05, 0) is 20.0 Å². The molecule has 1 unspecified atom stereocenters. The number of nitrogens with zero attached hydrogens (tertiary/aromatic N) is 2. The summed E-state index contributed by atoms with van der Waals surface area (Å²) >= 11 is 0. The minimum absolute atomic E-state index is 0.725. The van der Waals surface area contributed by atoms with Crippen molar-refractivity contribution in [3.8, 4) is 12.3 Å². The molecular formula is C10H18N2. The van der Waals surface area contributed by atoms with Gasteiger partial charge in [-0.25, -0.2) is 0 Å². The second-order valence-electron chi connectivity index (χ2n) is 3.45. The van der Waals surface area contributed by atoms with E-state index in [4.69, 9.17) is 6.42 Å². The van der Waals surface area contributed by atoms with Crippen molar-refractivity contribution in [3.63, 3.8) is 0 Å². The van der Waals surface area contributed by atoms with Crippen molar-refractivity contribution in [3.05, 3.63) is 0 Å². The van der Waals surface area contributed by atoms with Crippen LogP contribution < -0.4 is 0 Å². The van der Waals surface area contributed by atoms with E-state index < -0.39 is 0 Å². The zero-order valence-corrected chi connectivity index (χ0v) is 8.08. The molecule has 1 aliphatic rings. The quantitative estimate of drug-likeness (QED) is 0.568. The fraction of sp³-hybridized carbons (Fsp3) is 0.800. The smallest absolute Gasteiger partial charge is 0.0599 e. The van der Waals surface area contributed by atoms with E-state index in [2.05, 4.69) is 29.7 Å². The molecule has 2 nitrogen and oxygen atoms in total. The first-order chi connectivity index (χ1) is 5.77. The normalized spacial score (nSPS) is 24.7. The molecule has 0 N–H and O–H groups in total. The molecule has 1 saturated heterocycles. The lowest BCUT2D eigenvalue weighted by Crippen LogP contribution is -2.34. The summed E-state index contributed by atoms with van der Waals surface area (Å²) in [5.74, 6) is 2.69. The second kappa shape index (κ2) is 4.49. The van der Waals surface area contributed by atoms with E-state index in [1.807, 2.05) is 0 Å². The highest BCUT2D eigenvalue weighted by molar-refractivity contribution is 4.92. The van der Waals surface area contributed by atoms with Crippen LogP contribution in [-0.2, 0) is 0 Å². The van der Waals surface area contributed by atoms with Gasteiger partial charge in [0.2, 0.25) is 0 Å². The van der Waals surface area contributed by atoms with Gasteiger partial charge >= 0.3 is 0 Å². The summed E-state index contributed by atoms with van der Waals surface area (Å²) in [7, 11) is 2.18. The molecule has 1 fully saturated rings. The SMILES string of the molecule is C#CCN1CCC(N(C)CC)C1. The average molecular weight is 166 g/mol. The predicted molar refractivity (Wildman–Crippen MR) is 52.0 cm³/mol. The maximum atomic E-state index is 5.26. The zero-order valence-electron chi connectivity index (χ0n) is 8.08. The summed E-state index contributed by atoms with van der Waals surface area (Å²) in [4.78, 5) is 4.74. The van der Waals surface area contributed by atoms with Crippen LogP contribution in [0, 0.1) is 12.3 Å². The van der Waals surface area contributed by atoms with Gasteiger partial charge in [0.05, 0.1) is 6.54 Å². The monoisotopic (exact) mass is 166 g/mol. The number of likely N-dealkylation sites (tertiary alicyclic amines) is 1. The Labute approximate surface area is 75.5 Å². The van der Waals surface area contributed by atoms with E-state index in [0.717, 1.165) is 25.7 Å². The van der Waals surface area contributed by atoms with Gasteiger partial charge in [-0.3, -0.25) is 4.90 Å². The molecule has 0 amide bonds. The van der Waals surface area contributed by atoms with E-state index >= 15 is 0 Å². The molecule has 1 atom stereocenters. The Bertz CT molecular complexity index is 171. The minimum Gasteiger partial charge on any atom is -0.302 e. The van der Waals surface area contributed by atoms with Crippen molar-refractivity contribution in [1.29, 1.82) is 0 Å². The van der Waals surface area contributed by atoms with E-state index in [1.165, 1.54) is 13.0 Å². The first-order valence-electron chi connectivity index (χ1n) is 4.64. The molecule has 0 aromatic carbocycles. The molecule has 0 aliphatic carbocycles. The van der Waals surface area contributed by atoms with Gasteiger partial charge < -0.3 is 4.90 Å². The van der Waals surface area contributed by atoms with Crippen LogP contribution in [0.1, 0.15) is 13.3 Å². The van der Waals surface area contributed by atoms with Crippen molar-refractivity contribution in [2.75, 3.05) is 33.2 Å². The van der Waals surface area contributed by atoms with Crippen molar-refractivity contribution in [1.82, 2.24) is 9.80 Å². The second-order valence-corrected chi connectivity index (χ2v) is 3.45. The highest BCUT2D eigenvalue weighted by Crippen LogP contribution is 2.12. The molecule has 1 aliphatic heterocycles. The molecule has 1 rings (SSSR count). The van der Waals surface area contributed by atoms with Gasteiger partial charge in [0.25, 0.3) is 0 Å². The lowest BCUT2D eigenvalue weighted by atomic mass is 10.2. The number of rotatable bonds is 3. The largest absolute Gasteiger partial charge is 0.302 e. The lowest BCUT2D eigenvalue weighted by molar-refractivity contribution is 0.249. The molecule has 1 heterocycles. The molecule has 68 valence electrons. The van der Waals surface area contributed by atoms with E-state index in [1.54, 1.807) is 0 Å². The molecular weight excluding hydrogens is 148 g/mol. The van der Waals surface area contributed by atoms with Gasteiger partial charge in [-0.1, -0.05) is 12.8 Å². The Morgan fingerprint density at radius 1 is 1.67 bits per heavy atom. The van der Waals surface area contributed by atoms with Crippen LogP contribution in [0.15, 0.2) is 0 Å². The first kappa shape index (κ1) is 9.57. The number of hydrogen-bond acceptors (Lipinski definition) is 2. The summed E-state index contributed by atoms with van der Waals surface area (Å²) in [6, 6.07) is 0.725. The molecule has 0 aromatic heterocycles. The Kier molecular flexibility index (Phi) is 3.58. The standard InChI is InChI=1S/C10H18N2/c1-4-7-12-8-6-10(9-12)11(3)5-2/h1,10H,5-9H2,2-3H3. The first-order valence-corrected chi connectivity index (χ1v) is 4.64. The summed E-state index contributed by atoms with van der Waals surface area (Å²) in [5, 5.41) is 0. The fourth-order valence-electron chi connectivity index (χ4n) is 1.70. The molecule has 0 bridgehead atoms. The summed E-state index contributed by atoms with van der Waals surface area (Å²) < 4.78 is 0. The van der Waals surface area contributed by atoms with Crippen LogP contribution in [0.4, 0.5) is 0 Å². The molecule has 0 radical (unpaired) electrons. The van der Waals surface area contributed by atoms with Crippen molar-refractivity contribution >= 4 is 0 Å².